The van der Waals surface area contributed by atoms with E-state index in [0.29, 0.717) is 17.9 Å². The quantitative estimate of drug-likeness (QED) is 0.438. The predicted molar refractivity (Wildman–Crippen MR) is 79.3 cm³/mol. The van der Waals surface area contributed by atoms with Gasteiger partial charge in [-0.15, -0.1) is 0 Å². The number of rotatable bonds is 5. The molecule has 1 aliphatic carbocycles. The summed E-state index contributed by atoms with van der Waals surface area (Å²) in [5.74, 6) is 0.818. The fourth-order valence-electron chi connectivity index (χ4n) is 3.19. The number of carbonyl (C=O) groups is 1. The fraction of sp³-hybridized carbons (Fsp3) is 0.706. The van der Waals surface area contributed by atoms with Gasteiger partial charge >= 0.3 is 5.97 Å². The monoisotopic (exact) mass is 278 g/mol. The highest BCUT2D eigenvalue weighted by Crippen LogP contribution is 2.48. The second-order valence-corrected chi connectivity index (χ2v) is 6.43. The predicted octanol–water partition coefficient (Wildman–Crippen LogP) is 3.64. The van der Waals surface area contributed by atoms with Gasteiger partial charge in [-0.2, -0.15) is 0 Å². The van der Waals surface area contributed by atoms with Crippen LogP contribution in [0, 0.1) is 11.8 Å². The van der Waals surface area contributed by atoms with E-state index in [-0.39, 0.29) is 18.2 Å². The Bertz CT molecular complexity index is 420. The van der Waals surface area contributed by atoms with E-state index in [1.165, 1.54) is 12.5 Å². The standard InChI is InChI=1S/C17H26O3/c1-10(2)7-6-8-11(3)14-9-15(19-13(5)18)12(4)16-17(14)20-16/h7,11,14-17H,4,6,8-9H2,1-3,5H3. The van der Waals surface area contributed by atoms with Gasteiger partial charge in [0.15, 0.2) is 0 Å². The van der Waals surface area contributed by atoms with Gasteiger partial charge < -0.3 is 9.47 Å². The number of ether oxygens (including phenoxy) is 2. The lowest BCUT2D eigenvalue weighted by Crippen LogP contribution is -2.35. The zero-order chi connectivity index (χ0) is 14.9. The van der Waals surface area contributed by atoms with Crippen LogP contribution in [0.4, 0.5) is 0 Å². The van der Waals surface area contributed by atoms with Crippen molar-refractivity contribution in [2.45, 2.75) is 65.3 Å². The third-order valence-corrected chi connectivity index (χ3v) is 4.43. The molecule has 0 aromatic carbocycles. The SMILES string of the molecule is C=C1C(OC(C)=O)CC(C(C)CCC=C(C)C)C2OC12. The van der Waals surface area contributed by atoms with E-state index >= 15 is 0 Å². The maximum Gasteiger partial charge on any atom is 0.303 e. The molecule has 0 spiro atoms. The van der Waals surface area contributed by atoms with Gasteiger partial charge in [-0.3, -0.25) is 4.79 Å². The zero-order valence-electron chi connectivity index (χ0n) is 13.0. The molecule has 0 radical (unpaired) electrons. The summed E-state index contributed by atoms with van der Waals surface area (Å²) < 4.78 is 11.2. The largest absolute Gasteiger partial charge is 0.458 e. The maximum absolute atomic E-state index is 11.2. The molecule has 0 N–H and O–H groups in total. The van der Waals surface area contributed by atoms with Crippen molar-refractivity contribution in [1.29, 1.82) is 0 Å². The van der Waals surface area contributed by atoms with E-state index in [1.54, 1.807) is 0 Å². The molecule has 5 unspecified atom stereocenters. The normalized spacial score (nSPS) is 33.1. The van der Waals surface area contributed by atoms with Crippen LogP contribution in [0.15, 0.2) is 23.8 Å². The Morgan fingerprint density at radius 1 is 1.50 bits per heavy atom. The van der Waals surface area contributed by atoms with Gasteiger partial charge in [-0.1, -0.05) is 25.2 Å². The van der Waals surface area contributed by atoms with E-state index in [1.807, 2.05) is 0 Å². The highest BCUT2D eigenvalue weighted by atomic mass is 16.6. The van der Waals surface area contributed by atoms with E-state index in [2.05, 4.69) is 33.4 Å². The molecule has 20 heavy (non-hydrogen) atoms. The minimum absolute atomic E-state index is 0.115. The van der Waals surface area contributed by atoms with Crippen molar-refractivity contribution in [3.05, 3.63) is 23.8 Å². The first-order valence-corrected chi connectivity index (χ1v) is 7.55. The molecular weight excluding hydrogens is 252 g/mol. The molecule has 0 amide bonds. The van der Waals surface area contributed by atoms with Crippen molar-refractivity contribution < 1.29 is 14.3 Å². The molecule has 5 atom stereocenters. The van der Waals surface area contributed by atoms with Gasteiger partial charge in [0.05, 0.1) is 6.10 Å². The van der Waals surface area contributed by atoms with Crippen molar-refractivity contribution in [2.24, 2.45) is 11.8 Å². The summed E-state index contributed by atoms with van der Waals surface area (Å²) in [5.41, 5.74) is 2.31. The average molecular weight is 278 g/mol. The molecule has 0 bridgehead atoms. The molecule has 3 heteroatoms. The van der Waals surface area contributed by atoms with Crippen molar-refractivity contribution in [2.75, 3.05) is 0 Å². The Morgan fingerprint density at radius 3 is 2.80 bits per heavy atom. The molecule has 1 saturated carbocycles. The Balaban J connectivity index is 1.93. The van der Waals surface area contributed by atoms with Crippen LogP contribution in [0.1, 0.15) is 47.0 Å². The lowest BCUT2D eigenvalue weighted by atomic mass is 9.76. The fourth-order valence-corrected chi connectivity index (χ4v) is 3.19. The first-order chi connectivity index (χ1) is 9.40. The van der Waals surface area contributed by atoms with Crippen molar-refractivity contribution >= 4 is 5.97 Å². The molecule has 2 fully saturated rings. The van der Waals surface area contributed by atoms with Crippen LogP contribution >= 0.6 is 0 Å². The molecule has 0 aromatic rings. The van der Waals surface area contributed by atoms with Crippen LogP contribution in [0.25, 0.3) is 0 Å². The van der Waals surface area contributed by atoms with E-state index < -0.39 is 0 Å². The number of fused-ring (bicyclic) bond motifs is 1. The van der Waals surface area contributed by atoms with Crippen LogP contribution in [-0.4, -0.2) is 24.3 Å². The molecular formula is C17H26O3. The van der Waals surface area contributed by atoms with Crippen LogP contribution < -0.4 is 0 Å². The highest BCUT2D eigenvalue weighted by molar-refractivity contribution is 5.66. The molecule has 2 aliphatic rings. The number of carbonyl (C=O) groups excluding carboxylic acids is 1. The summed E-state index contributed by atoms with van der Waals surface area (Å²) in [6, 6.07) is 0. The van der Waals surface area contributed by atoms with Crippen LogP contribution in [0.2, 0.25) is 0 Å². The van der Waals surface area contributed by atoms with Gasteiger partial charge in [-0.25, -0.2) is 0 Å². The number of epoxide rings is 1. The van der Waals surface area contributed by atoms with Crippen LogP contribution in [0.3, 0.4) is 0 Å². The molecule has 0 aromatic heterocycles. The van der Waals surface area contributed by atoms with Crippen LogP contribution in [0.5, 0.6) is 0 Å². The van der Waals surface area contributed by atoms with Crippen LogP contribution in [-0.2, 0) is 14.3 Å². The second-order valence-electron chi connectivity index (χ2n) is 6.43. The average Bonchev–Trinajstić information content (AvgIpc) is 3.12. The third-order valence-electron chi connectivity index (χ3n) is 4.43. The van der Waals surface area contributed by atoms with Gasteiger partial charge in [0.1, 0.15) is 12.2 Å². The molecule has 1 heterocycles. The summed E-state index contributed by atoms with van der Waals surface area (Å²) in [5, 5.41) is 0. The topological polar surface area (TPSA) is 38.8 Å². The summed E-state index contributed by atoms with van der Waals surface area (Å²) >= 11 is 0. The molecule has 2 rings (SSSR count). The Kier molecular flexibility index (Phi) is 4.69. The lowest BCUT2D eigenvalue weighted by Gasteiger charge is -2.31. The van der Waals surface area contributed by atoms with Gasteiger partial charge in [-0.05, 0) is 50.5 Å². The molecule has 112 valence electrons. The Morgan fingerprint density at radius 2 is 2.20 bits per heavy atom. The summed E-state index contributed by atoms with van der Waals surface area (Å²) in [6.45, 7) is 12.0. The number of hydrogen-bond donors (Lipinski definition) is 0. The Labute approximate surface area is 122 Å². The number of hydrogen-bond acceptors (Lipinski definition) is 3. The summed E-state index contributed by atoms with van der Waals surface area (Å²) in [6.07, 6.45) is 5.66. The molecule has 3 nitrogen and oxygen atoms in total. The number of allylic oxidation sites excluding steroid dienone is 2. The first-order valence-electron chi connectivity index (χ1n) is 7.55. The minimum Gasteiger partial charge on any atom is -0.458 e. The van der Waals surface area contributed by atoms with Crippen molar-refractivity contribution in [3.63, 3.8) is 0 Å². The smallest absolute Gasteiger partial charge is 0.303 e. The maximum atomic E-state index is 11.2. The molecule has 1 aliphatic heterocycles. The van der Waals surface area contributed by atoms with Gasteiger partial charge in [0, 0.05) is 6.92 Å². The van der Waals surface area contributed by atoms with E-state index in [9.17, 15) is 4.79 Å². The highest BCUT2D eigenvalue weighted by Gasteiger charge is 2.54. The second kappa shape index (κ2) is 6.13. The molecule has 1 saturated heterocycles. The van der Waals surface area contributed by atoms with E-state index in [0.717, 1.165) is 24.8 Å². The first kappa shape index (κ1) is 15.3. The third kappa shape index (κ3) is 3.51. The minimum atomic E-state index is -0.230. The zero-order valence-corrected chi connectivity index (χ0v) is 13.0. The van der Waals surface area contributed by atoms with Gasteiger partial charge in [0.2, 0.25) is 0 Å². The summed E-state index contributed by atoms with van der Waals surface area (Å²) in [4.78, 5) is 11.2. The number of esters is 1. The lowest BCUT2D eigenvalue weighted by molar-refractivity contribution is -0.145. The van der Waals surface area contributed by atoms with Crippen molar-refractivity contribution in [3.8, 4) is 0 Å². The summed E-state index contributed by atoms with van der Waals surface area (Å²) in [7, 11) is 0. The van der Waals surface area contributed by atoms with Gasteiger partial charge in [0.25, 0.3) is 0 Å². The Hall–Kier alpha value is -1.09. The van der Waals surface area contributed by atoms with Crippen molar-refractivity contribution in [1.82, 2.24) is 0 Å². The van der Waals surface area contributed by atoms with E-state index in [4.69, 9.17) is 9.47 Å².